The van der Waals surface area contributed by atoms with E-state index in [4.69, 9.17) is 0 Å². The highest BCUT2D eigenvalue weighted by Gasteiger charge is 2.38. The highest BCUT2D eigenvalue weighted by atomic mass is 16.3. The Kier molecular flexibility index (Phi) is 5.13. The zero-order valence-electron chi connectivity index (χ0n) is 19.6. The third kappa shape index (κ3) is 3.37. The molecule has 0 saturated heterocycles. The molecule has 0 bridgehead atoms. The van der Waals surface area contributed by atoms with Gasteiger partial charge in [0.15, 0.2) is 5.72 Å². The van der Waals surface area contributed by atoms with Crippen LogP contribution in [-0.4, -0.2) is 27.6 Å². The number of anilines is 1. The lowest BCUT2D eigenvalue weighted by molar-refractivity contribution is -0.121. The molecule has 2 N–H and O–H groups in total. The zero-order valence-corrected chi connectivity index (χ0v) is 19.6. The monoisotopic (exact) mass is 442 g/mol. The van der Waals surface area contributed by atoms with E-state index >= 15 is 0 Å². The van der Waals surface area contributed by atoms with Crippen molar-refractivity contribution in [3.8, 4) is 0 Å². The van der Waals surface area contributed by atoms with Crippen molar-refractivity contribution in [1.82, 2.24) is 14.9 Å². The minimum absolute atomic E-state index is 0.0354. The molecule has 6 heteroatoms. The van der Waals surface area contributed by atoms with E-state index in [1.807, 2.05) is 60.0 Å². The first kappa shape index (κ1) is 21.5. The van der Waals surface area contributed by atoms with Crippen molar-refractivity contribution in [2.24, 2.45) is 0 Å². The molecule has 0 spiro atoms. The molecule has 6 nitrogen and oxygen atoms in total. The van der Waals surface area contributed by atoms with Crippen LogP contribution in [0.2, 0.25) is 0 Å². The number of aliphatic hydroxyl groups is 1. The number of aromatic nitrogens is 2. The molecule has 4 aromatic rings. The number of benzene rings is 2. The maximum Gasteiger partial charge on any atom is 0.240 e. The molecule has 2 aromatic heterocycles. The van der Waals surface area contributed by atoms with Gasteiger partial charge in [0.1, 0.15) is 6.54 Å². The van der Waals surface area contributed by atoms with Gasteiger partial charge in [0.25, 0.3) is 0 Å². The first-order valence-electron chi connectivity index (χ1n) is 11.5. The summed E-state index contributed by atoms with van der Waals surface area (Å²) in [6.45, 7) is 6.89. The van der Waals surface area contributed by atoms with E-state index in [9.17, 15) is 9.90 Å². The van der Waals surface area contributed by atoms with Crippen LogP contribution in [0.1, 0.15) is 49.8 Å². The summed E-state index contributed by atoms with van der Waals surface area (Å²) >= 11 is 0. The quantitative estimate of drug-likeness (QED) is 0.457. The lowest BCUT2D eigenvalue weighted by atomic mass is 9.97. The summed E-state index contributed by atoms with van der Waals surface area (Å²) in [4.78, 5) is 19.1. The van der Waals surface area contributed by atoms with Crippen molar-refractivity contribution >= 4 is 33.3 Å². The largest absolute Gasteiger partial charge is 0.367 e. The summed E-state index contributed by atoms with van der Waals surface area (Å²) in [5.41, 5.74) is 4.17. The van der Waals surface area contributed by atoms with Gasteiger partial charge in [-0.15, -0.1) is 0 Å². The highest BCUT2D eigenvalue weighted by molar-refractivity contribution is 6.02. The molecule has 3 heterocycles. The number of fused-ring (bicyclic) bond motifs is 1. The number of hydrogen-bond donors (Lipinski definition) is 2. The minimum Gasteiger partial charge on any atom is -0.367 e. The van der Waals surface area contributed by atoms with Crippen LogP contribution in [0.5, 0.6) is 0 Å². The van der Waals surface area contributed by atoms with Crippen molar-refractivity contribution in [2.45, 2.75) is 51.9 Å². The number of pyridine rings is 1. The molecular weight excluding hydrogens is 412 g/mol. The van der Waals surface area contributed by atoms with Crippen LogP contribution in [0.25, 0.3) is 21.7 Å². The summed E-state index contributed by atoms with van der Waals surface area (Å²) in [5, 5.41) is 17.3. The van der Waals surface area contributed by atoms with Crippen LogP contribution in [0.15, 0.2) is 55.0 Å². The molecule has 33 heavy (non-hydrogen) atoms. The average molecular weight is 443 g/mol. The van der Waals surface area contributed by atoms with Gasteiger partial charge in [-0.3, -0.25) is 9.78 Å². The number of rotatable bonds is 6. The summed E-state index contributed by atoms with van der Waals surface area (Å²) in [6, 6.07) is 12.0. The molecular formula is C27H30N4O2. The van der Waals surface area contributed by atoms with E-state index < -0.39 is 5.72 Å². The van der Waals surface area contributed by atoms with E-state index in [1.54, 1.807) is 6.20 Å². The number of carbonyl (C=O) groups excluding carboxylic acids is 1. The van der Waals surface area contributed by atoms with Crippen molar-refractivity contribution in [1.29, 1.82) is 0 Å². The Hall–Kier alpha value is -3.38. The molecule has 0 fully saturated rings. The summed E-state index contributed by atoms with van der Waals surface area (Å²) < 4.78 is 2.02. The molecule has 1 amide bonds. The molecule has 2 aromatic carbocycles. The SMILES string of the molecule is CCC(C)c1cn(CC(=O)NCc2ccc3c4c(cccc24)C(C)(O)N3C)c2ccncc12. The third-order valence-electron chi connectivity index (χ3n) is 7.28. The van der Waals surface area contributed by atoms with Gasteiger partial charge >= 0.3 is 0 Å². The second kappa shape index (κ2) is 7.89. The average Bonchev–Trinajstić information content (AvgIpc) is 3.28. The van der Waals surface area contributed by atoms with Crippen LogP contribution in [0.3, 0.4) is 0 Å². The molecule has 1 aliphatic heterocycles. The zero-order chi connectivity index (χ0) is 23.3. The summed E-state index contributed by atoms with van der Waals surface area (Å²) in [5.74, 6) is 0.372. The molecule has 2 atom stereocenters. The molecule has 170 valence electrons. The second-order valence-electron chi connectivity index (χ2n) is 9.24. The Bertz CT molecular complexity index is 1370. The predicted molar refractivity (Wildman–Crippen MR) is 132 cm³/mol. The van der Waals surface area contributed by atoms with E-state index in [0.717, 1.165) is 44.9 Å². The summed E-state index contributed by atoms with van der Waals surface area (Å²) in [6.07, 6.45) is 6.80. The van der Waals surface area contributed by atoms with Gasteiger partial charge in [-0.2, -0.15) is 0 Å². The van der Waals surface area contributed by atoms with Gasteiger partial charge < -0.3 is 19.9 Å². The van der Waals surface area contributed by atoms with Gasteiger partial charge in [0, 0.05) is 54.2 Å². The molecule has 2 unspecified atom stereocenters. The highest BCUT2D eigenvalue weighted by Crippen LogP contribution is 2.46. The van der Waals surface area contributed by atoms with Gasteiger partial charge in [0.05, 0.1) is 5.52 Å². The third-order valence-corrected chi connectivity index (χ3v) is 7.28. The topological polar surface area (TPSA) is 70.4 Å². The van der Waals surface area contributed by atoms with E-state index in [0.29, 0.717) is 12.5 Å². The Morgan fingerprint density at radius 3 is 2.82 bits per heavy atom. The molecule has 1 aliphatic rings. The maximum atomic E-state index is 12.9. The smallest absolute Gasteiger partial charge is 0.240 e. The predicted octanol–water partition coefficient (Wildman–Crippen LogP) is 4.63. The van der Waals surface area contributed by atoms with Crippen molar-refractivity contribution in [3.63, 3.8) is 0 Å². The van der Waals surface area contributed by atoms with Crippen LogP contribution in [0, 0.1) is 0 Å². The number of amides is 1. The first-order chi connectivity index (χ1) is 15.8. The van der Waals surface area contributed by atoms with Crippen molar-refractivity contribution in [2.75, 3.05) is 11.9 Å². The lowest BCUT2D eigenvalue weighted by Gasteiger charge is -2.29. The number of hydrogen-bond acceptors (Lipinski definition) is 4. The van der Waals surface area contributed by atoms with Crippen molar-refractivity contribution < 1.29 is 9.90 Å². The minimum atomic E-state index is -1.04. The maximum absolute atomic E-state index is 12.9. The van der Waals surface area contributed by atoms with Crippen molar-refractivity contribution in [3.05, 3.63) is 71.7 Å². The van der Waals surface area contributed by atoms with Crippen LogP contribution in [-0.2, 0) is 23.6 Å². The molecule has 0 radical (unpaired) electrons. The second-order valence-corrected chi connectivity index (χ2v) is 9.24. The van der Waals surface area contributed by atoms with E-state index in [2.05, 4.69) is 36.4 Å². The molecule has 0 aliphatic carbocycles. The van der Waals surface area contributed by atoms with Gasteiger partial charge in [-0.05, 0) is 47.9 Å². The fraction of sp³-hybridized carbons (Fsp3) is 0.333. The summed E-state index contributed by atoms with van der Waals surface area (Å²) in [7, 11) is 1.90. The van der Waals surface area contributed by atoms with Crippen LogP contribution >= 0.6 is 0 Å². The standard InChI is InChI=1S/C27H30N4O2/c1-5-17(2)21-15-31(23-11-12-28-14-20(21)23)16-25(32)29-13-18-9-10-24-26-19(18)7-6-8-22(26)27(3,33)30(24)4/h6-12,14-15,17,33H,5,13,16H2,1-4H3,(H,29,32). The molecule has 0 saturated carbocycles. The fourth-order valence-electron chi connectivity index (χ4n) is 5.01. The Morgan fingerprint density at radius 2 is 2.03 bits per heavy atom. The number of nitrogens with one attached hydrogen (secondary N) is 1. The van der Waals surface area contributed by atoms with Crippen LogP contribution < -0.4 is 10.2 Å². The van der Waals surface area contributed by atoms with Crippen LogP contribution in [0.4, 0.5) is 5.69 Å². The van der Waals surface area contributed by atoms with E-state index in [-0.39, 0.29) is 12.5 Å². The lowest BCUT2D eigenvalue weighted by Crippen LogP contribution is -2.37. The Balaban J connectivity index is 1.39. The number of nitrogens with zero attached hydrogens (tertiary/aromatic N) is 3. The Labute approximate surface area is 193 Å². The first-order valence-corrected chi connectivity index (χ1v) is 11.5. The Morgan fingerprint density at radius 1 is 1.21 bits per heavy atom. The van der Waals surface area contributed by atoms with Gasteiger partial charge in [-0.1, -0.05) is 38.1 Å². The van der Waals surface area contributed by atoms with Gasteiger partial charge in [0.2, 0.25) is 5.91 Å². The fourth-order valence-corrected chi connectivity index (χ4v) is 5.01. The normalized spacial score (nSPS) is 18.3. The van der Waals surface area contributed by atoms with E-state index in [1.165, 1.54) is 5.56 Å². The number of carbonyl (C=O) groups is 1. The molecule has 5 rings (SSSR count). The van der Waals surface area contributed by atoms with Gasteiger partial charge in [-0.25, -0.2) is 0 Å².